The fraction of sp³-hybridized carbons (Fsp3) is 1.00. The third-order valence-corrected chi connectivity index (χ3v) is 4.97. The summed E-state index contributed by atoms with van der Waals surface area (Å²) >= 11 is 0. The third kappa shape index (κ3) is 4.44. The van der Waals surface area contributed by atoms with Gasteiger partial charge in [0, 0.05) is 18.6 Å². The lowest BCUT2D eigenvalue weighted by Crippen LogP contribution is -2.50. The summed E-state index contributed by atoms with van der Waals surface area (Å²) in [4.78, 5) is 0. The predicted molar refractivity (Wildman–Crippen MR) is 80.3 cm³/mol. The second kappa shape index (κ2) is 7.05. The largest absolute Gasteiger partial charge is 0.389 e. The maximum absolute atomic E-state index is 10.3. The highest BCUT2D eigenvalue weighted by Crippen LogP contribution is 2.32. The molecule has 3 N–H and O–H groups in total. The Morgan fingerprint density at radius 1 is 1.21 bits per heavy atom. The van der Waals surface area contributed by atoms with Crippen molar-refractivity contribution in [3.63, 3.8) is 0 Å². The quantitative estimate of drug-likeness (QED) is 0.693. The minimum atomic E-state index is -0.540. The molecule has 1 saturated carbocycles. The van der Waals surface area contributed by atoms with E-state index in [2.05, 4.69) is 17.6 Å². The van der Waals surface area contributed by atoms with Crippen LogP contribution in [-0.2, 0) is 0 Å². The number of nitrogens with one attached hydrogen (secondary N) is 2. The molecule has 1 aliphatic heterocycles. The average Bonchev–Trinajstić information content (AvgIpc) is 2.86. The maximum atomic E-state index is 10.3. The van der Waals surface area contributed by atoms with Crippen molar-refractivity contribution in [1.29, 1.82) is 0 Å². The van der Waals surface area contributed by atoms with E-state index in [9.17, 15) is 5.11 Å². The fourth-order valence-corrected chi connectivity index (χ4v) is 3.95. The lowest BCUT2D eigenvalue weighted by Gasteiger charge is -2.34. The number of hydrogen-bond donors (Lipinski definition) is 3. The van der Waals surface area contributed by atoms with Crippen molar-refractivity contribution < 1.29 is 5.11 Å². The molecule has 2 aliphatic rings. The van der Waals surface area contributed by atoms with Crippen molar-refractivity contribution >= 4 is 0 Å². The summed E-state index contributed by atoms with van der Waals surface area (Å²) in [7, 11) is 0. The standard InChI is InChI=1S/C16H32N2O/c1-3-10-16(2,19)12-18-15-9-6-7-13(15)14-8-4-5-11-17-14/h13-15,17-19H,3-12H2,1-2H3. The van der Waals surface area contributed by atoms with Crippen LogP contribution in [0.25, 0.3) is 0 Å². The van der Waals surface area contributed by atoms with E-state index >= 15 is 0 Å². The first-order valence-corrected chi connectivity index (χ1v) is 8.31. The van der Waals surface area contributed by atoms with E-state index in [4.69, 9.17) is 0 Å². The summed E-state index contributed by atoms with van der Waals surface area (Å²) in [5.41, 5.74) is -0.540. The first-order valence-electron chi connectivity index (χ1n) is 8.31. The zero-order valence-electron chi connectivity index (χ0n) is 12.8. The number of rotatable bonds is 6. The molecule has 2 rings (SSSR count). The smallest absolute Gasteiger partial charge is 0.0743 e. The Morgan fingerprint density at radius 2 is 2.05 bits per heavy atom. The van der Waals surface area contributed by atoms with Crippen molar-refractivity contribution in [3.8, 4) is 0 Å². The van der Waals surface area contributed by atoms with Crippen LogP contribution in [0.1, 0.15) is 65.2 Å². The maximum Gasteiger partial charge on any atom is 0.0743 e. The Morgan fingerprint density at radius 3 is 2.74 bits per heavy atom. The summed E-state index contributed by atoms with van der Waals surface area (Å²) in [6.45, 7) is 6.04. The second-order valence-electron chi connectivity index (χ2n) is 6.89. The van der Waals surface area contributed by atoms with E-state index in [0.717, 1.165) is 25.3 Å². The van der Waals surface area contributed by atoms with Gasteiger partial charge in [0.05, 0.1) is 5.60 Å². The number of aliphatic hydroxyl groups is 1. The zero-order chi connectivity index (χ0) is 13.7. The summed E-state index contributed by atoms with van der Waals surface area (Å²) in [6.07, 6.45) is 9.98. The number of hydrogen-bond acceptors (Lipinski definition) is 3. The Kier molecular flexibility index (Phi) is 5.67. The molecule has 1 heterocycles. The van der Waals surface area contributed by atoms with Crippen molar-refractivity contribution in [2.75, 3.05) is 13.1 Å². The zero-order valence-corrected chi connectivity index (χ0v) is 12.8. The molecular weight excluding hydrogens is 236 g/mol. The first kappa shape index (κ1) is 15.3. The van der Waals surface area contributed by atoms with Gasteiger partial charge in [-0.3, -0.25) is 0 Å². The van der Waals surface area contributed by atoms with Gasteiger partial charge < -0.3 is 15.7 Å². The molecule has 0 radical (unpaired) electrons. The normalized spacial score (nSPS) is 35.2. The van der Waals surface area contributed by atoms with Gasteiger partial charge in [0.2, 0.25) is 0 Å². The van der Waals surface area contributed by atoms with Crippen LogP contribution in [-0.4, -0.2) is 35.9 Å². The molecule has 1 aliphatic carbocycles. The summed E-state index contributed by atoms with van der Waals surface area (Å²) in [5, 5.41) is 17.7. The fourth-order valence-electron chi connectivity index (χ4n) is 3.95. The van der Waals surface area contributed by atoms with Crippen molar-refractivity contribution in [2.24, 2.45) is 5.92 Å². The van der Waals surface area contributed by atoms with Crippen LogP contribution in [0.5, 0.6) is 0 Å². The predicted octanol–water partition coefficient (Wildman–Crippen LogP) is 2.44. The monoisotopic (exact) mass is 268 g/mol. The van der Waals surface area contributed by atoms with E-state index in [1.54, 1.807) is 0 Å². The molecule has 2 fully saturated rings. The van der Waals surface area contributed by atoms with Gasteiger partial charge in [-0.05, 0) is 51.5 Å². The lowest BCUT2D eigenvalue weighted by molar-refractivity contribution is 0.0446. The molecular formula is C16H32N2O. The molecule has 0 bridgehead atoms. The molecule has 4 atom stereocenters. The van der Waals surface area contributed by atoms with Gasteiger partial charge in [-0.15, -0.1) is 0 Å². The molecule has 19 heavy (non-hydrogen) atoms. The Balaban J connectivity index is 1.81. The Labute approximate surface area is 118 Å². The molecule has 0 aromatic heterocycles. The van der Waals surface area contributed by atoms with E-state index in [-0.39, 0.29) is 0 Å². The van der Waals surface area contributed by atoms with Gasteiger partial charge in [0.1, 0.15) is 0 Å². The lowest BCUT2D eigenvalue weighted by atomic mass is 9.88. The SMILES string of the molecule is CCCC(C)(O)CNC1CCCC1C1CCCCN1. The van der Waals surface area contributed by atoms with E-state index < -0.39 is 5.60 Å². The second-order valence-corrected chi connectivity index (χ2v) is 6.89. The number of piperidine rings is 1. The summed E-state index contributed by atoms with van der Waals surface area (Å²) in [6, 6.07) is 1.32. The van der Waals surface area contributed by atoms with Gasteiger partial charge >= 0.3 is 0 Å². The Bertz CT molecular complexity index is 261. The molecule has 3 heteroatoms. The van der Waals surface area contributed by atoms with Crippen LogP contribution in [0, 0.1) is 5.92 Å². The minimum absolute atomic E-state index is 0.540. The van der Waals surface area contributed by atoms with E-state index in [1.165, 1.54) is 45.1 Å². The highest BCUT2D eigenvalue weighted by atomic mass is 16.3. The van der Waals surface area contributed by atoms with Crippen LogP contribution in [0.4, 0.5) is 0 Å². The summed E-state index contributed by atoms with van der Waals surface area (Å²) in [5.74, 6) is 0.776. The highest BCUT2D eigenvalue weighted by molar-refractivity contribution is 4.93. The highest BCUT2D eigenvalue weighted by Gasteiger charge is 2.34. The van der Waals surface area contributed by atoms with Crippen molar-refractivity contribution in [3.05, 3.63) is 0 Å². The van der Waals surface area contributed by atoms with Gasteiger partial charge in [-0.2, -0.15) is 0 Å². The molecule has 3 nitrogen and oxygen atoms in total. The summed E-state index contributed by atoms with van der Waals surface area (Å²) < 4.78 is 0. The van der Waals surface area contributed by atoms with Gasteiger partial charge in [-0.1, -0.05) is 26.2 Å². The van der Waals surface area contributed by atoms with Crippen LogP contribution in [0.15, 0.2) is 0 Å². The van der Waals surface area contributed by atoms with Crippen LogP contribution in [0.2, 0.25) is 0 Å². The molecule has 0 aromatic rings. The topological polar surface area (TPSA) is 44.3 Å². The van der Waals surface area contributed by atoms with Crippen LogP contribution >= 0.6 is 0 Å². The molecule has 112 valence electrons. The molecule has 0 amide bonds. The van der Waals surface area contributed by atoms with E-state index in [1.807, 2.05) is 6.92 Å². The van der Waals surface area contributed by atoms with Crippen molar-refractivity contribution in [2.45, 2.75) is 82.9 Å². The van der Waals surface area contributed by atoms with Gasteiger partial charge in [-0.25, -0.2) is 0 Å². The molecule has 4 unspecified atom stereocenters. The first-order chi connectivity index (χ1) is 9.12. The molecule has 0 spiro atoms. The molecule has 0 aromatic carbocycles. The van der Waals surface area contributed by atoms with Gasteiger partial charge in [0.25, 0.3) is 0 Å². The van der Waals surface area contributed by atoms with E-state index in [0.29, 0.717) is 12.1 Å². The van der Waals surface area contributed by atoms with Crippen LogP contribution < -0.4 is 10.6 Å². The minimum Gasteiger partial charge on any atom is -0.389 e. The van der Waals surface area contributed by atoms with Crippen molar-refractivity contribution in [1.82, 2.24) is 10.6 Å². The van der Waals surface area contributed by atoms with Gasteiger partial charge in [0.15, 0.2) is 0 Å². The Hall–Kier alpha value is -0.120. The average molecular weight is 268 g/mol. The van der Waals surface area contributed by atoms with Crippen LogP contribution in [0.3, 0.4) is 0 Å². The third-order valence-electron chi connectivity index (χ3n) is 4.97. The molecule has 1 saturated heterocycles.